The van der Waals surface area contributed by atoms with E-state index in [9.17, 15) is 0 Å². The predicted molar refractivity (Wildman–Crippen MR) is 218 cm³/mol. The molecule has 3 nitrogen and oxygen atoms in total. The molecule has 3 heterocycles. The van der Waals surface area contributed by atoms with Crippen LogP contribution < -0.4 is 15.7 Å². The lowest BCUT2D eigenvalue weighted by Gasteiger charge is -2.39. The highest BCUT2D eigenvalue weighted by atomic mass is 32.1. The van der Waals surface area contributed by atoms with Crippen molar-refractivity contribution in [1.29, 1.82) is 0 Å². The molecule has 10 aromatic rings. The van der Waals surface area contributed by atoms with Crippen LogP contribution in [0.4, 0.5) is 11.6 Å². The predicted octanol–water partition coefficient (Wildman–Crippen LogP) is 10.9. The molecule has 2 aromatic heterocycles. The molecule has 0 aliphatic carbocycles. The summed E-state index contributed by atoms with van der Waals surface area (Å²) in [5.74, 6) is 0.564. The minimum Gasteiger partial charge on any atom is -0.345 e. The standard InChI is InChI=1S/C46H28BN3S/c1-3-16-30(17-4-1)43-35-23-11-13-25-38(35)48-46(49-43)50-44-41(33-21-9-10-22-34(33)45-42(44)36-24-12-14-26-39(36)51-45)40-32-20-8-7-15-29(32)27-28-37(40)47(50)31-18-5-2-6-19-31/h1-28H/i1D,16D. The van der Waals surface area contributed by atoms with Crippen LogP contribution in [0.1, 0.15) is 2.74 Å². The van der Waals surface area contributed by atoms with Crippen LogP contribution in [-0.4, -0.2) is 16.8 Å². The zero-order valence-corrected chi connectivity index (χ0v) is 28.2. The van der Waals surface area contributed by atoms with Gasteiger partial charge in [-0.3, -0.25) is 0 Å². The number of para-hydroxylation sites is 1. The van der Waals surface area contributed by atoms with Crippen molar-refractivity contribution in [1.82, 2.24) is 9.97 Å². The van der Waals surface area contributed by atoms with Crippen LogP contribution in [0.2, 0.25) is 0 Å². The maximum atomic E-state index is 8.98. The summed E-state index contributed by atoms with van der Waals surface area (Å²) in [7, 11) is 0. The van der Waals surface area contributed by atoms with E-state index < -0.39 is 0 Å². The second-order valence-electron chi connectivity index (χ2n) is 13.1. The van der Waals surface area contributed by atoms with Gasteiger partial charge in [-0.1, -0.05) is 163 Å². The summed E-state index contributed by atoms with van der Waals surface area (Å²) in [4.78, 5) is 13.3. The Balaban J connectivity index is 1.37. The lowest BCUT2D eigenvalue weighted by Crippen LogP contribution is -2.58. The van der Waals surface area contributed by atoms with Gasteiger partial charge in [-0.25, -0.2) is 9.97 Å². The van der Waals surface area contributed by atoms with E-state index in [1.807, 2.05) is 41.7 Å². The maximum Gasteiger partial charge on any atom is 0.332 e. The summed E-state index contributed by atoms with van der Waals surface area (Å²) in [6, 6.07) is 55.4. The molecule has 5 heteroatoms. The molecule has 8 aromatic carbocycles. The third-order valence-electron chi connectivity index (χ3n) is 10.3. The van der Waals surface area contributed by atoms with Crippen molar-refractivity contribution in [2.45, 2.75) is 0 Å². The molecule has 0 N–H and O–H groups in total. The number of anilines is 2. The zero-order valence-electron chi connectivity index (χ0n) is 29.3. The maximum absolute atomic E-state index is 8.98. The Labute approximate surface area is 302 Å². The van der Waals surface area contributed by atoms with Gasteiger partial charge >= 0.3 is 6.85 Å². The Morgan fingerprint density at radius 2 is 1.29 bits per heavy atom. The Morgan fingerprint density at radius 3 is 2.16 bits per heavy atom. The molecule has 1 aliphatic rings. The van der Waals surface area contributed by atoms with Gasteiger partial charge in [0, 0.05) is 47.8 Å². The second kappa shape index (κ2) is 11.1. The monoisotopic (exact) mass is 667 g/mol. The number of hydrogen-bond acceptors (Lipinski definition) is 4. The van der Waals surface area contributed by atoms with E-state index in [2.05, 4.69) is 120 Å². The van der Waals surface area contributed by atoms with Gasteiger partial charge in [0.15, 0.2) is 0 Å². The molecule has 0 spiro atoms. The minimum absolute atomic E-state index is 0.264. The number of benzene rings is 8. The number of nitrogens with zero attached hydrogens (tertiary/aromatic N) is 3. The average Bonchev–Trinajstić information content (AvgIpc) is 3.60. The molecule has 0 radical (unpaired) electrons. The van der Waals surface area contributed by atoms with E-state index in [1.54, 1.807) is 12.1 Å². The van der Waals surface area contributed by atoms with Gasteiger partial charge in [0.25, 0.3) is 0 Å². The van der Waals surface area contributed by atoms with E-state index in [-0.39, 0.29) is 12.9 Å². The van der Waals surface area contributed by atoms with Crippen LogP contribution in [0.3, 0.4) is 0 Å². The van der Waals surface area contributed by atoms with E-state index in [0.717, 1.165) is 22.1 Å². The summed E-state index contributed by atoms with van der Waals surface area (Å²) in [5.41, 5.74) is 7.96. The molecule has 0 bridgehead atoms. The minimum atomic E-state index is -0.272. The Bertz CT molecular complexity index is 3130. The Hall–Kier alpha value is -6.30. The largest absolute Gasteiger partial charge is 0.345 e. The van der Waals surface area contributed by atoms with E-state index >= 15 is 0 Å². The molecule has 236 valence electrons. The van der Waals surface area contributed by atoms with Crippen molar-refractivity contribution in [3.63, 3.8) is 0 Å². The van der Waals surface area contributed by atoms with Gasteiger partial charge in [0.05, 0.1) is 14.0 Å². The van der Waals surface area contributed by atoms with Crippen LogP contribution in [0.5, 0.6) is 0 Å². The summed E-state index contributed by atoms with van der Waals surface area (Å²) < 4.78 is 19.7. The molecular weight excluding hydrogens is 637 g/mol. The molecule has 0 fully saturated rings. The van der Waals surface area contributed by atoms with Crippen LogP contribution in [0.15, 0.2) is 170 Å². The molecular formula is C46H28BN3S. The smallest absolute Gasteiger partial charge is 0.332 e. The Kier molecular flexibility index (Phi) is 5.78. The van der Waals surface area contributed by atoms with Crippen molar-refractivity contribution in [2.24, 2.45) is 0 Å². The number of hydrogen-bond donors (Lipinski definition) is 0. The molecule has 1 aliphatic heterocycles. The molecule has 0 saturated heterocycles. The first-order chi connectivity index (χ1) is 26.1. The van der Waals surface area contributed by atoms with E-state index in [4.69, 9.17) is 12.7 Å². The highest BCUT2D eigenvalue weighted by Crippen LogP contribution is 2.54. The fourth-order valence-electron chi connectivity index (χ4n) is 8.23. The van der Waals surface area contributed by atoms with Gasteiger partial charge in [0.2, 0.25) is 5.95 Å². The summed E-state index contributed by atoms with van der Waals surface area (Å²) in [6.45, 7) is -0.272. The summed E-state index contributed by atoms with van der Waals surface area (Å²) in [5, 5.41) is 8.09. The van der Waals surface area contributed by atoms with E-state index in [1.165, 1.54) is 58.3 Å². The lowest BCUT2D eigenvalue weighted by molar-refractivity contribution is 1.16. The number of thiophene rings is 1. The van der Waals surface area contributed by atoms with Crippen molar-refractivity contribution in [3.8, 4) is 22.4 Å². The second-order valence-corrected chi connectivity index (χ2v) is 14.1. The van der Waals surface area contributed by atoms with Crippen molar-refractivity contribution in [3.05, 3.63) is 170 Å². The Morgan fingerprint density at radius 1 is 0.569 bits per heavy atom. The highest BCUT2D eigenvalue weighted by molar-refractivity contribution is 7.27. The fourth-order valence-corrected chi connectivity index (χ4v) is 9.47. The number of aromatic nitrogens is 2. The molecule has 0 amide bonds. The van der Waals surface area contributed by atoms with E-state index in [0.29, 0.717) is 23.2 Å². The molecule has 51 heavy (non-hydrogen) atoms. The highest BCUT2D eigenvalue weighted by Gasteiger charge is 2.42. The third-order valence-corrected chi connectivity index (χ3v) is 11.6. The van der Waals surface area contributed by atoms with Gasteiger partial charge in [0.1, 0.15) is 0 Å². The quantitative estimate of drug-likeness (QED) is 0.176. The van der Waals surface area contributed by atoms with Gasteiger partial charge in [-0.2, -0.15) is 0 Å². The van der Waals surface area contributed by atoms with Crippen LogP contribution in [0, 0.1) is 0 Å². The van der Waals surface area contributed by atoms with Crippen LogP contribution in [-0.2, 0) is 0 Å². The molecule has 11 rings (SSSR count). The van der Waals surface area contributed by atoms with Gasteiger partial charge in [-0.15, -0.1) is 11.3 Å². The number of rotatable bonds is 3. The zero-order chi connectivity index (χ0) is 35.2. The topological polar surface area (TPSA) is 29.0 Å². The fraction of sp³-hybridized carbons (Fsp3) is 0. The number of fused-ring (bicyclic) bond motifs is 13. The molecule has 0 atom stereocenters. The molecule has 0 saturated carbocycles. The third kappa shape index (κ3) is 4.19. The van der Waals surface area contributed by atoms with Crippen molar-refractivity contribution < 1.29 is 2.74 Å². The van der Waals surface area contributed by atoms with Gasteiger partial charge in [-0.05, 0) is 39.3 Å². The summed E-state index contributed by atoms with van der Waals surface area (Å²) in [6.07, 6.45) is 0. The summed E-state index contributed by atoms with van der Waals surface area (Å²) >= 11 is 1.84. The first-order valence-corrected chi connectivity index (χ1v) is 18.0. The first kappa shape index (κ1) is 26.6. The normalized spacial score (nSPS) is 13.2. The first-order valence-electron chi connectivity index (χ1n) is 18.2. The van der Waals surface area contributed by atoms with Crippen LogP contribution in [0.25, 0.3) is 75.0 Å². The lowest BCUT2D eigenvalue weighted by atomic mass is 9.45. The SMILES string of the molecule is [2H]c1ccc(-c2nc(N3B(c4ccccc4)c4ccc5ccccc5c4-c4c3c3c5ccccc5sc3c3ccccc43)nc3ccccc23)c([2H])c1. The molecule has 0 unspecified atom stereocenters. The van der Waals surface area contributed by atoms with Crippen molar-refractivity contribution >= 4 is 93.4 Å². The van der Waals surface area contributed by atoms with Crippen LogP contribution >= 0.6 is 11.3 Å². The van der Waals surface area contributed by atoms with Gasteiger partial charge < -0.3 is 4.81 Å². The van der Waals surface area contributed by atoms with Crippen molar-refractivity contribution in [2.75, 3.05) is 4.81 Å². The average molecular weight is 668 g/mol.